The van der Waals surface area contributed by atoms with Gasteiger partial charge in [-0.3, -0.25) is 14.9 Å². The largest absolute Gasteiger partial charge is 0.271 e. The topological polar surface area (TPSA) is 84.6 Å². The van der Waals surface area contributed by atoms with E-state index in [1.165, 1.54) is 48.7 Å². The monoisotopic (exact) mass is 287 g/mol. The average molecular weight is 287 g/mol. The Morgan fingerprint density at radius 2 is 1.95 bits per heavy atom. The molecule has 0 saturated heterocycles. The van der Waals surface area contributed by atoms with Crippen molar-refractivity contribution >= 4 is 17.8 Å². The van der Waals surface area contributed by atoms with E-state index in [0.29, 0.717) is 5.56 Å². The van der Waals surface area contributed by atoms with E-state index in [-0.39, 0.29) is 11.3 Å². The molecular formula is C14H10FN3O3. The minimum atomic E-state index is -0.548. The van der Waals surface area contributed by atoms with Crippen LogP contribution in [0.5, 0.6) is 0 Å². The number of hydrogen-bond donors (Lipinski definition) is 1. The van der Waals surface area contributed by atoms with E-state index >= 15 is 0 Å². The van der Waals surface area contributed by atoms with Crippen molar-refractivity contribution in [1.29, 1.82) is 0 Å². The van der Waals surface area contributed by atoms with Crippen LogP contribution in [0.15, 0.2) is 53.6 Å². The Hall–Kier alpha value is -3.09. The summed E-state index contributed by atoms with van der Waals surface area (Å²) in [6.07, 6.45) is 1.33. The van der Waals surface area contributed by atoms with Crippen LogP contribution >= 0.6 is 0 Å². The lowest BCUT2D eigenvalue weighted by molar-refractivity contribution is -0.384. The van der Waals surface area contributed by atoms with Crippen LogP contribution in [0, 0.1) is 15.9 Å². The number of nitro benzene ring substituents is 1. The number of non-ortho nitro benzene ring substituents is 1. The molecule has 0 bridgehead atoms. The molecule has 7 heteroatoms. The van der Waals surface area contributed by atoms with E-state index in [1.54, 1.807) is 0 Å². The standard InChI is InChI=1S/C14H10FN3O3/c15-12-3-1-2-11(8-12)14(19)17-16-9-10-4-6-13(7-5-10)18(20)21/h1-9H,(H,17,19). The number of halogens is 1. The maximum absolute atomic E-state index is 12.9. The quantitative estimate of drug-likeness (QED) is 0.532. The summed E-state index contributed by atoms with van der Waals surface area (Å²) in [7, 11) is 0. The molecule has 0 saturated carbocycles. The van der Waals surface area contributed by atoms with Crippen molar-refractivity contribution in [2.75, 3.05) is 0 Å². The molecule has 0 unspecified atom stereocenters. The summed E-state index contributed by atoms with van der Waals surface area (Å²) in [5.74, 6) is -1.06. The summed E-state index contributed by atoms with van der Waals surface area (Å²) in [5, 5.41) is 14.2. The van der Waals surface area contributed by atoms with E-state index in [2.05, 4.69) is 10.5 Å². The molecule has 6 nitrogen and oxygen atoms in total. The summed E-state index contributed by atoms with van der Waals surface area (Å²) >= 11 is 0. The summed E-state index contributed by atoms with van der Waals surface area (Å²) in [5.41, 5.74) is 2.94. The Morgan fingerprint density at radius 1 is 1.24 bits per heavy atom. The Bertz CT molecular complexity index is 699. The van der Waals surface area contributed by atoms with E-state index in [4.69, 9.17) is 0 Å². The number of benzene rings is 2. The van der Waals surface area contributed by atoms with Crippen molar-refractivity contribution in [1.82, 2.24) is 5.43 Å². The minimum absolute atomic E-state index is 0.0315. The van der Waals surface area contributed by atoms with Crippen LogP contribution in [-0.4, -0.2) is 17.0 Å². The molecule has 0 atom stereocenters. The average Bonchev–Trinajstić information content (AvgIpc) is 2.47. The lowest BCUT2D eigenvalue weighted by Gasteiger charge is -1.99. The SMILES string of the molecule is O=C(NN=Cc1ccc([N+](=O)[O-])cc1)c1cccc(F)c1. The molecule has 0 spiro atoms. The predicted octanol–water partition coefficient (Wildman–Crippen LogP) is 2.50. The van der Waals surface area contributed by atoms with Gasteiger partial charge in [0.15, 0.2) is 0 Å². The maximum atomic E-state index is 12.9. The van der Waals surface area contributed by atoms with Crippen LogP contribution in [0.1, 0.15) is 15.9 Å². The first-order chi connectivity index (χ1) is 10.1. The number of nitrogens with one attached hydrogen (secondary N) is 1. The Labute approximate surface area is 119 Å². The van der Waals surface area contributed by atoms with Crippen LogP contribution in [-0.2, 0) is 0 Å². The normalized spacial score (nSPS) is 10.5. The molecule has 2 aromatic rings. The fourth-order valence-electron chi connectivity index (χ4n) is 1.54. The smallest absolute Gasteiger partial charge is 0.267 e. The zero-order chi connectivity index (χ0) is 15.2. The molecule has 0 radical (unpaired) electrons. The van der Waals surface area contributed by atoms with Gasteiger partial charge >= 0.3 is 0 Å². The summed E-state index contributed by atoms with van der Waals surface area (Å²) < 4.78 is 12.9. The zero-order valence-corrected chi connectivity index (χ0v) is 10.7. The Balaban J connectivity index is 1.99. The number of nitrogens with zero attached hydrogens (tertiary/aromatic N) is 2. The first-order valence-corrected chi connectivity index (χ1v) is 5.90. The number of hydrogen-bond acceptors (Lipinski definition) is 4. The van der Waals surface area contributed by atoms with Gasteiger partial charge in [0.25, 0.3) is 11.6 Å². The molecule has 1 amide bonds. The second kappa shape index (κ2) is 6.38. The highest BCUT2D eigenvalue weighted by atomic mass is 19.1. The first kappa shape index (κ1) is 14.3. The molecule has 0 aliphatic heterocycles. The van der Waals surface area contributed by atoms with E-state index in [0.717, 1.165) is 6.07 Å². The predicted molar refractivity (Wildman–Crippen MR) is 74.6 cm³/mol. The summed E-state index contributed by atoms with van der Waals surface area (Å²) in [6, 6.07) is 10.9. The Kier molecular flexibility index (Phi) is 4.35. The lowest BCUT2D eigenvalue weighted by Crippen LogP contribution is -2.17. The number of hydrazone groups is 1. The van der Waals surface area contributed by atoms with Crippen molar-refractivity contribution in [2.45, 2.75) is 0 Å². The maximum Gasteiger partial charge on any atom is 0.271 e. The molecule has 2 aromatic carbocycles. The molecule has 0 heterocycles. The molecule has 0 aliphatic carbocycles. The minimum Gasteiger partial charge on any atom is -0.267 e. The van der Waals surface area contributed by atoms with Gasteiger partial charge in [0, 0.05) is 17.7 Å². The molecule has 0 aliphatic rings. The highest BCUT2D eigenvalue weighted by Gasteiger charge is 2.05. The van der Waals surface area contributed by atoms with Gasteiger partial charge in [0.05, 0.1) is 11.1 Å². The van der Waals surface area contributed by atoms with Crippen LogP contribution in [0.25, 0.3) is 0 Å². The molecule has 1 N–H and O–H groups in total. The molecule has 106 valence electrons. The second-order valence-electron chi connectivity index (χ2n) is 4.06. The van der Waals surface area contributed by atoms with Crippen LogP contribution in [0.2, 0.25) is 0 Å². The van der Waals surface area contributed by atoms with Gasteiger partial charge in [0.2, 0.25) is 0 Å². The lowest BCUT2D eigenvalue weighted by atomic mass is 10.2. The fourth-order valence-corrected chi connectivity index (χ4v) is 1.54. The summed E-state index contributed by atoms with van der Waals surface area (Å²) in [4.78, 5) is 21.6. The van der Waals surface area contributed by atoms with Crippen molar-refractivity contribution in [2.24, 2.45) is 5.10 Å². The molecular weight excluding hydrogens is 277 g/mol. The van der Waals surface area contributed by atoms with Crippen LogP contribution in [0.3, 0.4) is 0 Å². The Morgan fingerprint density at radius 3 is 2.57 bits per heavy atom. The second-order valence-corrected chi connectivity index (χ2v) is 4.06. The van der Waals surface area contributed by atoms with Crippen molar-refractivity contribution in [3.8, 4) is 0 Å². The van der Waals surface area contributed by atoms with E-state index < -0.39 is 16.6 Å². The molecule has 0 aromatic heterocycles. The summed E-state index contributed by atoms with van der Waals surface area (Å²) in [6.45, 7) is 0. The van der Waals surface area contributed by atoms with Crippen molar-refractivity contribution in [3.63, 3.8) is 0 Å². The van der Waals surface area contributed by atoms with Gasteiger partial charge in [0.1, 0.15) is 5.82 Å². The van der Waals surface area contributed by atoms with Crippen LogP contribution < -0.4 is 5.43 Å². The van der Waals surface area contributed by atoms with E-state index in [9.17, 15) is 19.3 Å². The van der Waals surface area contributed by atoms with Crippen molar-refractivity contribution in [3.05, 3.63) is 75.6 Å². The van der Waals surface area contributed by atoms with Gasteiger partial charge in [-0.15, -0.1) is 0 Å². The first-order valence-electron chi connectivity index (χ1n) is 5.90. The third kappa shape index (κ3) is 3.93. The number of rotatable bonds is 4. The number of carbonyl (C=O) groups excluding carboxylic acids is 1. The number of carbonyl (C=O) groups is 1. The van der Waals surface area contributed by atoms with Gasteiger partial charge in [-0.2, -0.15) is 5.10 Å². The number of amides is 1. The zero-order valence-electron chi connectivity index (χ0n) is 10.7. The molecule has 0 fully saturated rings. The molecule has 21 heavy (non-hydrogen) atoms. The third-order valence-electron chi connectivity index (χ3n) is 2.57. The van der Waals surface area contributed by atoms with Gasteiger partial charge in [-0.05, 0) is 35.9 Å². The number of nitro groups is 1. The third-order valence-corrected chi connectivity index (χ3v) is 2.57. The fraction of sp³-hybridized carbons (Fsp3) is 0. The van der Waals surface area contributed by atoms with Gasteiger partial charge in [-0.25, -0.2) is 9.82 Å². The molecule has 2 rings (SSSR count). The van der Waals surface area contributed by atoms with Crippen molar-refractivity contribution < 1.29 is 14.1 Å². The van der Waals surface area contributed by atoms with Crippen LogP contribution in [0.4, 0.5) is 10.1 Å². The van der Waals surface area contributed by atoms with E-state index in [1.807, 2.05) is 0 Å². The van der Waals surface area contributed by atoms with Gasteiger partial charge < -0.3 is 0 Å². The highest BCUT2D eigenvalue weighted by molar-refractivity contribution is 5.94. The highest BCUT2D eigenvalue weighted by Crippen LogP contribution is 2.10. The van der Waals surface area contributed by atoms with Gasteiger partial charge in [-0.1, -0.05) is 6.07 Å².